The highest BCUT2D eigenvalue weighted by atomic mass is 79.9. The fraction of sp³-hybridized carbons (Fsp3) is 0.0769. The van der Waals surface area contributed by atoms with Crippen LogP contribution in [0, 0.1) is 0 Å². The van der Waals surface area contributed by atoms with Gasteiger partial charge in [-0.25, -0.2) is 0 Å². The summed E-state index contributed by atoms with van der Waals surface area (Å²) in [7, 11) is 0. The van der Waals surface area contributed by atoms with Crippen molar-refractivity contribution in [1.29, 1.82) is 0 Å². The second-order valence-electron chi connectivity index (χ2n) is 4.18. The first-order valence-corrected chi connectivity index (χ1v) is 7.11. The van der Waals surface area contributed by atoms with Crippen molar-refractivity contribution in [1.82, 2.24) is 0 Å². The van der Waals surface area contributed by atoms with Gasteiger partial charge in [-0.3, -0.25) is 0 Å². The molecule has 0 fully saturated rings. The fourth-order valence-corrected chi connectivity index (χ4v) is 2.59. The summed E-state index contributed by atoms with van der Waals surface area (Å²) in [4.78, 5) is 0. The second-order valence-corrected chi connectivity index (χ2v) is 5.85. The normalized spacial score (nSPS) is 11.5. The number of hydrogen-bond acceptors (Lipinski definition) is 2. The number of alkyl halides is 3. The van der Waals surface area contributed by atoms with E-state index < -0.39 is 11.7 Å². The third kappa shape index (κ3) is 3.75. The van der Waals surface area contributed by atoms with Crippen LogP contribution in [0.2, 0.25) is 10.0 Å². The Labute approximate surface area is 137 Å². The minimum absolute atomic E-state index is 0.193. The molecule has 0 unspecified atom stereocenters. The first-order chi connectivity index (χ1) is 9.68. The van der Waals surface area contributed by atoms with E-state index in [0.717, 1.165) is 12.1 Å². The van der Waals surface area contributed by atoms with Crippen LogP contribution in [0.25, 0.3) is 0 Å². The lowest BCUT2D eigenvalue weighted by molar-refractivity contribution is -0.137. The number of halogens is 6. The summed E-state index contributed by atoms with van der Waals surface area (Å²) < 4.78 is 38.7. The number of nitrogens with one attached hydrogen (secondary N) is 1. The molecule has 0 aliphatic heterocycles. The van der Waals surface area contributed by atoms with Gasteiger partial charge in [0.15, 0.2) is 0 Å². The van der Waals surface area contributed by atoms with Crippen molar-refractivity contribution in [3.05, 3.63) is 50.4 Å². The van der Waals surface area contributed by atoms with E-state index in [-0.39, 0.29) is 21.4 Å². The molecule has 2 aromatic rings. The van der Waals surface area contributed by atoms with Gasteiger partial charge in [0.05, 0.1) is 27.0 Å². The zero-order valence-electron chi connectivity index (χ0n) is 10.2. The maximum atomic E-state index is 12.7. The number of hydrogen-bond donors (Lipinski definition) is 2. The Kier molecular flexibility index (Phi) is 4.60. The molecule has 8 heteroatoms. The molecule has 0 aliphatic carbocycles. The third-order valence-corrected chi connectivity index (χ3v) is 3.91. The first-order valence-electron chi connectivity index (χ1n) is 5.57. The fourth-order valence-electron chi connectivity index (χ4n) is 1.64. The van der Waals surface area contributed by atoms with Gasteiger partial charge in [-0.2, -0.15) is 13.2 Å². The van der Waals surface area contributed by atoms with Crippen LogP contribution in [0.3, 0.4) is 0 Å². The van der Waals surface area contributed by atoms with E-state index in [1.54, 1.807) is 0 Å². The van der Waals surface area contributed by atoms with E-state index in [4.69, 9.17) is 28.9 Å². The highest BCUT2D eigenvalue weighted by Gasteiger charge is 2.31. The van der Waals surface area contributed by atoms with Gasteiger partial charge in [0.25, 0.3) is 0 Å². The summed E-state index contributed by atoms with van der Waals surface area (Å²) in [6.07, 6.45) is -4.44. The Hall–Kier alpha value is -1.11. The van der Waals surface area contributed by atoms with Crippen LogP contribution < -0.4 is 11.1 Å². The van der Waals surface area contributed by atoms with Gasteiger partial charge in [0.1, 0.15) is 0 Å². The standard InChI is InChI=1S/C13H8BrCl2F3N2/c14-8-2-1-6(13(17,18)19)3-11(8)21-12-9(15)4-7(20)5-10(12)16/h1-5,21H,20H2. The lowest BCUT2D eigenvalue weighted by Gasteiger charge is -2.15. The molecule has 0 aliphatic rings. The van der Waals surface area contributed by atoms with Crippen molar-refractivity contribution in [2.24, 2.45) is 0 Å². The van der Waals surface area contributed by atoms with Crippen LogP contribution in [0.15, 0.2) is 34.8 Å². The molecular weight excluding hydrogens is 392 g/mol. The van der Waals surface area contributed by atoms with Crippen molar-refractivity contribution < 1.29 is 13.2 Å². The SMILES string of the molecule is Nc1cc(Cl)c(Nc2cc(C(F)(F)F)ccc2Br)c(Cl)c1. The average Bonchev–Trinajstić information content (AvgIpc) is 2.34. The van der Waals surface area contributed by atoms with Gasteiger partial charge >= 0.3 is 6.18 Å². The first kappa shape index (κ1) is 16.3. The summed E-state index contributed by atoms with van der Waals surface area (Å²) in [5, 5.41) is 3.21. The van der Waals surface area contributed by atoms with Crippen LogP contribution in [0.4, 0.5) is 30.2 Å². The summed E-state index contributed by atoms with van der Waals surface area (Å²) in [5.41, 5.74) is 5.63. The number of anilines is 3. The Morgan fingerprint density at radius 3 is 2.14 bits per heavy atom. The maximum absolute atomic E-state index is 12.7. The molecule has 0 heterocycles. The minimum atomic E-state index is -4.44. The van der Waals surface area contributed by atoms with Gasteiger partial charge in [-0.05, 0) is 46.3 Å². The van der Waals surface area contributed by atoms with Crippen LogP contribution in [0.1, 0.15) is 5.56 Å². The molecule has 2 nitrogen and oxygen atoms in total. The number of rotatable bonds is 2. The zero-order valence-corrected chi connectivity index (χ0v) is 13.3. The molecule has 3 N–H and O–H groups in total. The largest absolute Gasteiger partial charge is 0.416 e. The molecule has 2 rings (SSSR count). The van der Waals surface area contributed by atoms with E-state index in [2.05, 4.69) is 21.2 Å². The number of nitrogens with two attached hydrogens (primary N) is 1. The molecular formula is C13H8BrCl2F3N2. The highest BCUT2D eigenvalue weighted by molar-refractivity contribution is 9.10. The van der Waals surface area contributed by atoms with Crippen LogP contribution >= 0.6 is 39.1 Å². The lowest BCUT2D eigenvalue weighted by atomic mass is 10.2. The van der Waals surface area contributed by atoms with E-state index in [1.165, 1.54) is 18.2 Å². The van der Waals surface area contributed by atoms with Gasteiger partial charge in [0, 0.05) is 10.2 Å². The van der Waals surface area contributed by atoms with Crippen LogP contribution in [-0.2, 0) is 6.18 Å². The molecule has 0 radical (unpaired) electrons. The molecule has 0 saturated heterocycles. The zero-order chi connectivity index (χ0) is 15.8. The quantitative estimate of drug-likeness (QED) is 0.598. The van der Waals surface area contributed by atoms with E-state index in [0.29, 0.717) is 10.2 Å². The second kappa shape index (κ2) is 5.94. The smallest absolute Gasteiger partial charge is 0.399 e. The summed E-state index contributed by atoms with van der Waals surface area (Å²) in [6.45, 7) is 0. The molecule has 0 amide bonds. The van der Waals surface area contributed by atoms with Crippen molar-refractivity contribution in [3.63, 3.8) is 0 Å². The minimum Gasteiger partial charge on any atom is -0.399 e. The van der Waals surface area contributed by atoms with E-state index in [1.807, 2.05) is 0 Å². The van der Waals surface area contributed by atoms with Crippen LogP contribution in [-0.4, -0.2) is 0 Å². The van der Waals surface area contributed by atoms with Crippen molar-refractivity contribution in [3.8, 4) is 0 Å². The summed E-state index contributed by atoms with van der Waals surface area (Å²) in [5.74, 6) is 0. The summed E-state index contributed by atoms with van der Waals surface area (Å²) >= 11 is 15.2. The van der Waals surface area contributed by atoms with Crippen molar-refractivity contribution >= 4 is 56.2 Å². The molecule has 0 bridgehead atoms. The Balaban J connectivity index is 2.45. The molecule has 21 heavy (non-hydrogen) atoms. The Morgan fingerprint density at radius 1 is 1.05 bits per heavy atom. The number of nitrogen functional groups attached to an aromatic ring is 1. The topological polar surface area (TPSA) is 38.0 Å². The predicted octanol–water partition coefficient (Wildman–Crippen LogP) is 6.10. The van der Waals surface area contributed by atoms with E-state index in [9.17, 15) is 13.2 Å². The molecule has 0 aromatic heterocycles. The van der Waals surface area contributed by atoms with Gasteiger partial charge in [-0.1, -0.05) is 23.2 Å². The Bertz CT molecular complexity index is 667. The Morgan fingerprint density at radius 2 is 1.62 bits per heavy atom. The van der Waals surface area contributed by atoms with E-state index >= 15 is 0 Å². The molecule has 112 valence electrons. The molecule has 0 saturated carbocycles. The molecule has 0 atom stereocenters. The molecule has 2 aromatic carbocycles. The third-order valence-electron chi connectivity index (χ3n) is 2.62. The monoisotopic (exact) mass is 398 g/mol. The lowest BCUT2D eigenvalue weighted by Crippen LogP contribution is -2.05. The average molecular weight is 400 g/mol. The summed E-state index contributed by atoms with van der Waals surface area (Å²) in [6, 6.07) is 6.15. The van der Waals surface area contributed by atoms with Crippen LogP contribution in [0.5, 0.6) is 0 Å². The van der Waals surface area contributed by atoms with Gasteiger partial charge in [-0.15, -0.1) is 0 Å². The van der Waals surface area contributed by atoms with Crippen molar-refractivity contribution in [2.75, 3.05) is 11.1 Å². The van der Waals surface area contributed by atoms with Crippen molar-refractivity contribution in [2.45, 2.75) is 6.18 Å². The van der Waals surface area contributed by atoms with Gasteiger partial charge in [0.2, 0.25) is 0 Å². The highest BCUT2D eigenvalue weighted by Crippen LogP contribution is 2.39. The maximum Gasteiger partial charge on any atom is 0.416 e. The number of benzene rings is 2. The van der Waals surface area contributed by atoms with Gasteiger partial charge < -0.3 is 11.1 Å². The predicted molar refractivity (Wildman–Crippen MR) is 83.3 cm³/mol. The molecule has 0 spiro atoms.